The lowest BCUT2D eigenvalue weighted by atomic mass is 9.96. The number of thioether (sulfide) groups is 1. The van der Waals surface area contributed by atoms with E-state index in [1.807, 2.05) is 36.1 Å². The number of hydrogen-bond donors (Lipinski definition) is 0. The molecule has 0 saturated carbocycles. The fraction of sp³-hybridized carbons (Fsp3) is 0.647. The van der Waals surface area contributed by atoms with Gasteiger partial charge in [0.15, 0.2) is 0 Å². The quantitative estimate of drug-likeness (QED) is 0.689. The standard InChI is InChI=1S/C17H28N2OS/c1-13(2)16(17(20)19(5)14(3)4)12-21-11-8-15-6-9-18-10-7-15/h6-7,9-10,13-14,16H,8,11-12H2,1-5H3/t16-/m0/s1. The average molecular weight is 308 g/mol. The van der Waals surface area contributed by atoms with E-state index in [-0.39, 0.29) is 17.9 Å². The molecule has 0 spiro atoms. The predicted octanol–water partition coefficient (Wildman–Crippen LogP) is 3.50. The van der Waals surface area contributed by atoms with Crippen LogP contribution in [-0.4, -0.2) is 40.4 Å². The molecule has 1 amide bonds. The number of amides is 1. The number of aryl methyl sites for hydroxylation is 1. The second-order valence-corrected chi connectivity index (χ2v) is 7.22. The van der Waals surface area contributed by atoms with Crippen LogP contribution in [0.3, 0.4) is 0 Å². The first-order valence-electron chi connectivity index (χ1n) is 7.66. The van der Waals surface area contributed by atoms with Gasteiger partial charge in [-0.1, -0.05) is 13.8 Å². The molecule has 0 aromatic carbocycles. The van der Waals surface area contributed by atoms with Gasteiger partial charge in [0, 0.05) is 37.2 Å². The number of aromatic nitrogens is 1. The molecule has 21 heavy (non-hydrogen) atoms. The largest absolute Gasteiger partial charge is 0.343 e. The smallest absolute Gasteiger partial charge is 0.226 e. The van der Waals surface area contributed by atoms with Gasteiger partial charge in [-0.2, -0.15) is 11.8 Å². The second-order valence-electron chi connectivity index (χ2n) is 6.07. The lowest BCUT2D eigenvalue weighted by molar-refractivity contribution is -0.136. The molecule has 1 atom stereocenters. The van der Waals surface area contributed by atoms with Gasteiger partial charge >= 0.3 is 0 Å². The van der Waals surface area contributed by atoms with E-state index in [0.717, 1.165) is 17.9 Å². The van der Waals surface area contributed by atoms with Crippen molar-refractivity contribution in [1.82, 2.24) is 9.88 Å². The molecule has 4 heteroatoms. The first-order valence-corrected chi connectivity index (χ1v) is 8.82. The maximum Gasteiger partial charge on any atom is 0.226 e. The van der Waals surface area contributed by atoms with E-state index >= 15 is 0 Å². The summed E-state index contributed by atoms with van der Waals surface area (Å²) in [6, 6.07) is 4.37. The minimum atomic E-state index is 0.111. The highest BCUT2D eigenvalue weighted by Crippen LogP contribution is 2.21. The number of rotatable bonds is 8. The number of carbonyl (C=O) groups is 1. The van der Waals surface area contributed by atoms with Crippen LogP contribution in [0.4, 0.5) is 0 Å². The molecule has 0 bridgehead atoms. The van der Waals surface area contributed by atoms with Crippen molar-refractivity contribution in [2.75, 3.05) is 18.6 Å². The molecule has 0 saturated heterocycles. The van der Waals surface area contributed by atoms with Crippen molar-refractivity contribution >= 4 is 17.7 Å². The normalized spacial score (nSPS) is 12.7. The van der Waals surface area contributed by atoms with Gasteiger partial charge in [0.2, 0.25) is 5.91 Å². The third-order valence-corrected chi connectivity index (χ3v) is 4.91. The van der Waals surface area contributed by atoms with Crippen molar-refractivity contribution in [3.05, 3.63) is 30.1 Å². The van der Waals surface area contributed by atoms with E-state index in [2.05, 4.69) is 44.8 Å². The average Bonchev–Trinajstić information content (AvgIpc) is 2.46. The predicted molar refractivity (Wildman–Crippen MR) is 91.5 cm³/mol. The number of nitrogens with zero attached hydrogens (tertiary/aromatic N) is 2. The van der Waals surface area contributed by atoms with E-state index in [0.29, 0.717) is 5.92 Å². The van der Waals surface area contributed by atoms with Crippen LogP contribution in [0.25, 0.3) is 0 Å². The van der Waals surface area contributed by atoms with Crippen LogP contribution in [0, 0.1) is 11.8 Å². The highest BCUT2D eigenvalue weighted by Gasteiger charge is 2.26. The van der Waals surface area contributed by atoms with Gasteiger partial charge in [0.1, 0.15) is 0 Å². The van der Waals surface area contributed by atoms with E-state index < -0.39 is 0 Å². The van der Waals surface area contributed by atoms with Gasteiger partial charge in [-0.05, 0) is 49.6 Å². The van der Waals surface area contributed by atoms with Gasteiger partial charge in [-0.15, -0.1) is 0 Å². The molecule has 0 aliphatic rings. The van der Waals surface area contributed by atoms with Crippen molar-refractivity contribution in [2.45, 2.75) is 40.2 Å². The Bertz CT molecular complexity index is 420. The molecule has 0 unspecified atom stereocenters. The van der Waals surface area contributed by atoms with Crippen LogP contribution in [0.2, 0.25) is 0 Å². The Balaban J connectivity index is 2.43. The first-order chi connectivity index (χ1) is 9.93. The second kappa shape index (κ2) is 9.08. The third kappa shape index (κ3) is 6.08. The Labute approximate surface area is 133 Å². The lowest BCUT2D eigenvalue weighted by Crippen LogP contribution is -2.40. The van der Waals surface area contributed by atoms with Crippen LogP contribution < -0.4 is 0 Å². The molecule has 0 aliphatic carbocycles. The highest BCUT2D eigenvalue weighted by atomic mass is 32.2. The summed E-state index contributed by atoms with van der Waals surface area (Å²) in [7, 11) is 1.91. The Morgan fingerprint density at radius 3 is 2.38 bits per heavy atom. The summed E-state index contributed by atoms with van der Waals surface area (Å²) in [4.78, 5) is 18.4. The third-order valence-electron chi connectivity index (χ3n) is 3.83. The fourth-order valence-electron chi connectivity index (χ4n) is 2.01. The van der Waals surface area contributed by atoms with Crippen LogP contribution in [0.5, 0.6) is 0 Å². The molecule has 0 radical (unpaired) electrons. The van der Waals surface area contributed by atoms with Crippen LogP contribution in [0.15, 0.2) is 24.5 Å². The van der Waals surface area contributed by atoms with Crippen molar-refractivity contribution in [3.8, 4) is 0 Å². The SMILES string of the molecule is CC(C)[C@H](CSCCc1ccncc1)C(=O)N(C)C(C)C. The zero-order chi connectivity index (χ0) is 15.8. The molecule has 118 valence electrons. The number of hydrogen-bond acceptors (Lipinski definition) is 3. The Hall–Kier alpha value is -1.03. The molecular weight excluding hydrogens is 280 g/mol. The van der Waals surface area contributed by atoms with Crippen molar-refractivity contribution in [2.24, 2.45) is 11.8 Å². The summed E-state index contributed by atoms with van der Waals surface area (Å²) in [5.74, 6) is 2.72. The minimum Gasteiger partial charge on any atom is -0.343 e. The summed E-state index contributed by atoms with van der Waals surface area (Å²) in [5, 5.41) is 0. The van der Waals surface area contributed by atoms with Gasteiger partial charge in [0.25, 0.3) is 0 Å². The maximum atomic E-state index is 12.5. The zero-order valence-electron chi connectivity index (χ0n) is 13.9. The van der Waals surface area contributed by atoms with Crippen LogP contribution in [-0.2, 0) is 11.2 Å². The van der Waals surface area contributed by atoms with Gasteiger partial charge < -0.3 is 4.90 Å². The van der Waals surface area contributed by atoms with E-state index in [1.54, 1.807) is 0 Å². The van der Waals surface area contributed by atoms with E-state index in [1.165, 1.54) is 5.56 Å². The Morgan fingerprint density at radius 2 is 1.86 bits per heavy atom. The maximum absolute atomic E-state index is 12.5. The molecule has 1 aromatic heterocycles. The Kier molecular flexibility index (Phi) is 7.79. The first kappa shape index (κ1) is 18.0. The van der Waals surface area contributed by atoms with Crippen molar-refractivity contribution < 1.29 is 4.79 Å². The number of carbonyl (C=O) groups excluding carboxylic acids is 1. The van der Waals surface area contributed by atoms with Crippen LogP contribution in [0.1, 0.15) is 33.3 Å². The molecular formula is C17H28N2OS. The summed E-state index contributed by atoms with van der Waals surface area (Å²) < 4.78 is 0. The summed E-state index contributed by atoms with van der Waals surface area (Å²) >= 11 is 1.87. The monoisotopic (exact) mass is 308 g/mol. The fourth-order valence-corrected chi connectivity index (χ4v) is 3.34. The molecule has 0 fully saturated rings. The molecule has 1 aromatic rings. The van der Waals surface area contributed by atoms with Gasteiger partial charge in [-0.3, -0.25) is 9.78 Å². The number of pyridine rings is 1. The molecule has 3 nitrogen and oxygen atoms in total. The topological polar surface area (TPSA) is 33.2 Å². The summed E-state index contributed by atoms with van der Waals surface area (Å²) in [6.07, 6.45) is 4.70. The molecule has 1 rings (SSSR count). The minimum absolute atomic E-state index is 0.111. The Morgan fingerprint density at radius 1 is 1.24 bits per heavy atom. The van der Waals surface area contributed by atoms with E-state index in [4.69, 9.17) is 0 Å². The van der Waals surface area contributed by atoms with Gasteiger partial charge in [-0.25, -0.2) is 0 Å². The highest BCUT2D eigenvalue weighted by molar-refractivity contribution is 7.99. The van der Waals surface area contributed by atoms with Crippen molar-refractivity contribution in [1.29, 1.82) is 0 Å². The summed E-state index contributed by atoms with van der Waals surface area (Å²) in [5.41, 5.74) is 1.31. The molecule has 0 aliphatic heterocycles. The molecule has 0 N–H and O–H groups in total. The lowest BCUT2D eigenvalue weighted by Gasteiger charge is -2.28. The van der Waals surface area contributed by atoms with Gasteiger partial charge in [0.05, 0.1) is 0 Å². The van der Waals surface area contributed by atoms with Crippen molar-refractivity contribution in [3.63, 3.8) is 0 Å². The zero-order valence-corrected chi connectivity index (χ0v) is 14.7. The summed E-state index contributed by atoms with van der Waals surface area (Å²) in [6.45, 7) is 8.40. The van der Waals surface area contributed by atoms with Crippen LogP contribution >= 0.6 is 11.8 Å². The molecule has 1 heterocycles. The van der Waals surface area contributed by atoms with E-state index in [9.17, 15) is 4.79 Å².